The molecule has 0 aromatic rings. The fourth-order valence-corrected chi connectivity index (χ4v) is 0.681. The Morgan fingerprint density at radius 3 is 2.54 bits per heavy atom. The Bertz CT molecular complexity index is 176. The minimum Gasteiger partial charge on any atom is -0.369 e. The van der Waals surface area contributed by atoms with E-state index in [2.05, 4.69) is 10.1 Å². The average Bonchev–Trinajstić information content (AvgIpc) is 2.01. The highest BCUT2D eigenvalue weighted by atomic mass is 19.4. The van der Waals surface area contributed by atoms with Crippen molar-refractivity contribution in [2.24, 2.45) is 0 Å². The number of nitrogens with zero attached hydrogens (tertiary/aromatic N) is 1. The van der Waals surface area contributed by atoms with Gasteiger partial charge in [-0.25, -0.2) is 0 Å². The van der Waals surface area contributed by atoms with E-state index in [4.69, 9.17) is 5.26 Å². The molecule has 0 fully saturated rings. The van der Waals surface area contributed by atoms with Gasteiger partial charge in [0.25, 0.3) is 0 Å². The number of ether oxygens (including phenoxy) is 1. The highest BCUT2D eigenvalue weighted by molar-refractivity contribution is 4.89. The van der Waals surface area contributed by atoms with E-state index < -0.39 is 18.8 Å². The van der Waals surface area contributed by atoms with Gasteiger partial charge in [-0.1, -0.05) is 6.92 Å². The van der Waals surface area contributed by atoms with E-state index in [0.29, 0.717) is 6.54 Å². The molecule has 0 aliphatic rings. The summed E-state index contributed by atoms with van der Waals surface area (Å²) in [5, 5.41) is 11.1. The van der Waals surface area contributed by atoms with E-state index in [0.717, 1.165) is 0 Å². The summed E-state index contributed by atoms with van der Waals surface area (Å²) in [6.07, 6.45) is -4.33. The molecule has 1 atom stereocenters. The van der Waals surface area contributed by atoms with Gasteiger partial charge in [-0.05, 0) is 6.54 Å². The fourth-order valence-electron chi connectivity index (χ4n) is 0.681. The van der Waals surface area contributed by atoms with Gasteiger partial charge in [0.05, 0.1) is 12.7 Å². The van der Waals surface area contributed by atoms with Gasteiger partial charge in [0.1, 0.15) is 12.6 Å². The number of likely N-dealkylation sites (N-methyl/N-ethyl adjacent to an activating group) is 1. The Morgan fingerprint density at radius 1 is 1.54 bits per heavy atom. The molecule has 0 amide bonds. The van der Waals surface area contributed by atoms with Crippen molar-refractivity contribution in [1.29, 1.82) is 5.26 Å². The van der Waals surface area contributed by atoms with Crippen LogP contribution >= 0.6 is 0 Å². The van der Waals surface area contributed by atoms with E-state index in [1.165, 1.54) is 0 Å². The third-order valence-electron chi connectivity index (χ3n) is 1.16. The van der Waals surface area contributed by atoms with Gasteiger partial charge in [0.15, 0.2) is 0 Å². The van der Waals surface area contributed by atoms with Crippen molar-refractivity contribution in [3.63, 3.8) is 0 Å². The lowest BCUT2D eigenvalue weighted by Crippen LogP contribution is -2.33. The first-order valence-corrected chi connectivity index (χ1v) is 3.77. The number of hydrogen-bond acceptors (Lipinski definition) is 3. The van der Waals surface area contributed by atoms with Crippen molar-refractivity contribution in [2.75, 3.05) is 19.8 Å². The lowest BCUT2D eigenvalue weighted by molar-refractivity contribution is -0.174. The second-order valence-corrected chi connectivity index (χ2v) is 2.37. The van der Waals surface area contributed by atoms with Gasteiger partial charge in [0, 0.05) is 0 Å². The van der Waals surface area contributed by atoms with E-state index in [9.17, 15) is 13.2 Å². The fraction of sp³-hybridized carbons (Fsp3) is 0.857. The third kappa shape index (κ3) is 7.56. The molecule has 0 aromatic carbocycles. The van der Waals surface area contributed by atoms with Gasteiger partial charge in [-0.3, -0.25) is 0 Å². The van der Waals surface area contributed by atoms with Crippen LogP contribution in [0.2, 0.25) is 0 Å². The Balaban J connectivity index is 3.57. The zero-order chi connectivity index (χ0) is 10.3. The van der Waals surface area contributed by atoms with Crippen molar-refractivity contribution in [3.05, 3.63) is 0 Å². The van der Waals surface area contributed by atoms with E-state index in [-0.39, 0.29) is 6.61 Å². The summed E-state index contributed by atoms with van der Waals surface area (Å²) in [5.41, 5.74) is 0. The van der Waals surface area contributed by atoms with Crippen LogP contribution in [-0.4, -0.2) is 32.0 Å². The molecular formula is C7H11F3N2O. The van der Waals surface area contributed by atoms with Crippen molar-refractivity contribution < 1.29 is 17.9 Å². The Morgan fingerprint density at radius 2 is 2.15 bits per heavy atom. The Kier molecular flexibility index (Phi) is 5.42. The minimum absolute atomic E-state index is 0.246. The number of alkyl halides is 3. The Labute approximate surface area is 74.5 Å². The maximum Gasteiger partial charge on any atom is 0.411 e. The first-order chi connectivity index (χ1) is 5.99. The van der Waals surface area contributed by atoms with Crippen LogP contribution in [0.4, 0.5) is 13.2 Å². The summed E-state index contributed by atoms with van der Waals surface area (Å²) in [7, 11) is 0. The van der Waals surface area contributed by atoms with Crippen molar-refractivity contribution in [2.45, 2.75) is 19.1 Å². The van der Waals surface area contributed by atoms with E-state index >= 15 is 0 Å². The molecule has 76 valence electrons. The lowest BCUT2D eigenvalue weighted by atomic mass is 10.3. The van der Waals surface area contributed by atoms with Crippen LogP contribution in [0.15, 0.2) is 0 Å². The van der Waals surface area contributed by atoms with Crippen molar-refractivity contribution in [1.82, 2.24) is 5.32 Å². The van der Waals surface area contributed by atoms with Gasteiger partial charge in [-0.2, -0.15) is 18.4 Å². The topological polar surface area (TPSA) is 45.0 Å². The normalized spacial score (nSPS) is 13.8. The molecule has 0 spiro atoms. The lowest BCUT2D eigenvalue weighted by Gasteiger charge is -2.11. The molecule has 1 N–H and O–H groups in total. The van der Waals surface area contributed by atoms with Crippen LogP contribution in [0.1, 0.15) is 6.92 Å². The monoisotopic (exact) mass is 196 g/mol. The average molecular weight is 196 g/mol. The molecule has 13 heavy (non-hydrogen) atoms. The SMILES string of the molecule is CCNC(C#N)COCC(F)(F)F. The summed E-state index contributed by atoms with van der Waals surface area (Å²) in [6, 6.07) is 1.11. The van der Waals surface area contributed by atoms with Crippen LogP contribution in [-0.2, 0) is 4.74 Å². The van der Waals surface area contributed by atoms with Crippen LogP contribution in [0.5, 0.6) is 0 Å². The second kappa shape index (κ2) is 5.78. The quantitative estimate of drug-likeness (QED) is 0.715. The van der Waals surface area contributed by atoms with Crippen LogP contribution in [0.25, 0.3) is 0 Å². The molecule has 0 aromatic heterocycles. The maximum atomic E-state index is 11.6. The number of hydrogen-bond donors (Lipinski definition) is 1. The predicted molar refractivity (Wildman–Crippen MR) is 40.0 cm³/mol. The molecule has 1 unspecified atom stereocenters. The van der Waals surface area contributed by atoms with Crippen LogP contribution < -0.4 is 5.32 Å². The summed E-state index contributed by atoms with van der Waals surface area (Å²) >= 11 is 0. The number of nitriles is 1. The number of halogens is 3. The zero-order valence-electron chi connectivity index (χ0n) is 7.19. The van der Waals surface area contributed by atoms with Crippen molar-refractivity contribution >= 4 is 0 Å². The minimum atomic E-state index is -4.33. The molecular weight excluding hydrogens is 185 g/mol. The largest absolute Gasteiger partial charge is 0.411 e. The molecule has 0 radical (unpaired) electrons. The molecule has 0 aliphatic carbocycles. The Hall–Kier alpha value is -0.800. The van der Waals surface area contributed by atoms with Gasteiger partial charge in [0.2, 0.25) is 0 Å². The molecule has 6 heteroatoms. The molecule has 0 rings (SSSR count). The maximum absolute atomic E-state index is 11.6. The van der Waals surface area contributed by atoms with Crippen LogP contribution in [0.3, 0.4) is 0 Å². The van der Waals surface area contributed by atoms with Gasteiger partial charge >= 0.3 is 6.18 Å². The predicted octanol–water partition coefficient (Wildman–Crippen LogP) is 1.07. The molecule has 0 bridgehead atoms. The summed E-state index contributed by atoms with van der Waals surface area (Å²) < 4.78 is 39.0. The number of rotatable bonds is 5. The van der Waals surface area contributed by atoms with Crippen molar-refractivity contribution in [3.8, 4) is 6.07 Å². The molecule has 0 heterocycles. The van der Waals surface area contributed by atoms with Gasteiger partial charge in [-0.15, -0.1) is 0 Å². The zero-order valence-corrected chi connectivity index (χ0v) is 7.19. The van der Waals surface area contributed by atoms with E-state index in [1.807, 2.05) is 0 Å². The summed E-state index contributed by atoms with van der Waals surface area (Å²) in [6.45, 7) is 0.724. The second-order valence-electron chi connectivity index (χ2n) is 2.37. The van der Waals surface area contributed by atoms with Crippen LogP contribution in [0, 0.1) is 11.3 Å². The smallest absolute Gasteiger partial charge is 0.369 e. The first-order valence-electron chi connectivity index (χ1n) is 3.77. The standard InChI is InChI=1S/C7H11F3N2O/c1-2-12-6(3-11)4-13-5-7(8,9)10/h6,12H,2,4-5H2,1H3. The highest BCUT2D eigenvalue weighted by Crippen LogP contribution is 2.14. The van der Waals surface area contributed by atoms with Gasteiger partial charge < -0.3 is 10.1 Å². The number of nitrogens with one attached hydrogen (secondary N) is 1. The molecule has 0 saturated heterocycles. The first kappa shape index (κ1) is 12.2. The molecule has 0 aliphatic heterocycles. The summed E-state index contributed by atoms with van der Waals surface area (Å²) in [5.74, 6) is 0. The third-order valence-corrected chi connectivity index (χ3v) is 1.16. The summed E-state index contributed by atoms with van der Waals surface area (Å²) in [4.78, 5) is 0. The van der Waals surface area contributed by atoms with E-state index in [1.54, 1.807) is 13.0 Å². The highest BCUT2D eigenvalue weighted by Gasteiger charge is 2.27. The molecule has 0 saturated carbocycles. The molecule has 3 nitrogen and oxygen atoms in total.